The van der Waals surface area contributed by atoms with E-state index >= 15 is 0 Å². The summed E-state index contributed by atoms with van der Waals surface area (Å²) in [6.45, 7) is 9.93. The average Bonchev–Trinajstić information content (AvgIpc) is 2.36. The Hall–Kier alpha value is -0.630. The first-order chi connectivity index (χ1) is 8.19. The van der Waals surface area contributed by atoms with E-state index in [9.17, 15) is 0 Å². The fourth-order valence-electron chi connectivity index (χ4n) is 1.77. The first kappa shape index (κ1) is 16.4. The van der Waals surface area contributed by atoms with Gasteiger partial charge in [-0.05, 0) is 26.3 Å². The van der Waals surface area contributed by atoms with E-state index in [0.717, 1.165) is 39.1 Å². The number of nitriles is 1. The van der Waals surface area contributed by atoms with Crippen LogP contribution in [0.5, 0.6) is 0 Å². The normalized spacial score (nSPS) is 14.6. The summed E-state index contributed by atoms with van der Waals surface area (Å²) in [5.74, 6) is 0. The van der Waals surface area contributed by atoms with Crippen LogP contribution in [0.2, 0.25) is 0 Å². The van der Waals surface area contributed by atoms with Gasteiger partial charge in [-0.15, -0.1) is 0 Å². The highest BCUT2D eigenvalue weighted by Crippen LogP contribution is 2.05. The molecule has 0 aromatic rings. The second-order valence-electron chi connectivity index (χ2n) is 4.31. The molecule has 0 heterocycles. The molecule has 4 nitrogen and oxygen atoms in total. The van der Waals surface area contributed by atoms with Gasteiger partial charge < -0.3 is 10.1 Å². The van der Waals surface area contributed by atoms with Gasteiger partial charge in [-0.3, -0.25) is 4.90 Å². The van der Waals surface area contributed by atoms with Gasteiger partial charge in [-0.25, -0.2) is 0 Å². The molecule has 0 aliphatic carbocycles. The minimum absolute atomic E-state index is 0.0332. The molecule has 0 amide bonds. The molecule has 1 N–H and O–H groups in total. The van der Waals surface area contributed by atoms with Gasteiger partial charge in [0.25, 0.3) is 0 Å². The minimum Gasteiger partial charge on any atom is -0.383 e. The maximum absolute atomic E-state index is 8.99. The molecular weight excluding hydrogens is 214 g/mol. The van der Waals surface area contributed by atoms with E-state index in [4.69, 9.17) is 10.00 Å². The van der Waals surface area contributed by atoms with Crippen molar-refractivity contribution in [2.45, 2.75) is 45.7 Å². The third kappa shape index (κ3) is 7.32. The zero-order valence-electron chi connectivity index (χ0n) is 11.7. The molecule has 0 bridgehead atoms. The summed E-state index contributed by atoms with van der Waals surface area (Å²) in [4.78, 5) is 2.39. The van der Waals surface area contributed by atoms with Crippen LogP contribution in [0.1, 0.15) is 33.6 Å². The van der Waals surface area contributed by atoms with Crippen LogP contribution >= 0.6 is 0 Å². The molecule has 0 aromatic heterocycles. The van der Waals surface area contributed by atoms with Crippen LogP contribution in [-0.4, -0.2) is 50.3 Å². The number of hydrogen-bond acceptors (Lipinski definition) is 4. The number of rotatable bonds is 10. The molecule has 0 fully saturated rings. The molecule has 0 aliphatic rings. The molecule has 0 radical (unpaired) electrons. The van der Waals surface area contributed by atoms with Crippen LogP contribution < -0.4 is 5.32 Å². The Morgan fingerprint density at radius 3 is 2.53 bits per heavy atom. The molecule has 17 heavy (non-hydrogen) atoms. The first-order valence-electron chi connectivity index (χ1n) is 6.55. The standard InChI is InChI=1S/C13H27N3O/c1-5-12(3)16(9-10-17-4)8-7-13(11-14)15-6-2/h12-13,15H,5-10H2,1-4H3. The molecule has 4 heteroatoms. The van der Waals surface area contributed by atoms with E-state index < -0.39 is 0 Å². The minimum atomic E-state index is -0.0332. The summed E-state index contributed by atoms with van der Waals surface area (Å²) >= 11 is 0. The lowest BCUT2D eigenvalue weighted by Gasteiger charge is -2.28. The largest absolute Gasteiger partial charge is 0.383 e. The lowest BCUT2D eigenvalue weighted by atomic mass is 10.1. The van der Waals surface area contributed by atoms with Crippen LogP contribution in [0.15, 0.2) is 0 Å². The van der Waals surface area contributed by atoms with Crippen LogP contribution in [0.4, 0.5) is 0 Å². The van der Waals surface area contributed by atoms with Crippen molar-refractivity contribution in [1.82, 2.24) is 10.2 Å². The second kappa shape index (κ2) is 10.5. The quantitative estimate of drug-likeness (QED) is 0.631. The maximum atomic E-state index is 8.99. The highest BCUT2D eigenvalue weighted by molar-refractivity contribution is 4.90. The number of nitrogens with one attached hydrogen (secondary N) is 1. The van der Waals surface area contributed by atoms with Gasteiger partial charge in [0.15, 0.2) is 0 Å². The van der Waals surface area contributed by atoms with Gasteiger partial charge in [0.05, 0.1) is 18.7 Å². The zero-order chi connectivity index (χ0) is 13.1. The Bertz CT molecular complexity index is 215. The van der Waals surface area contributed by atoms with Crippen molar-refractivity contribution in [1.29, 1.82) is 5.26 Å². The van der Waals surface area contributed by atoms with Crippen molar-refractivity contribution in [3.63, 3.8) is 0 Å². The monoisotopic (exact) mass is 241 g/mol. The van der Waals surface area contributed by atoms with E-state index in [-0.39, 0.29) is 6.04 Å². The fraction of sp³-hybridized carbons (Fsp3) is 0.923. The second-order valence-corrected chi connectivity index (χ2v) is 4.31. The molecule has 0 saturated heterocycles. The predicted molar refractivity (Wildman–Crippen MR) is 70.9 cm³/mol. The van der Waals surface area contributed by atoms with Crippen molar-refractivity contribution in [3.8, 4) is 6.07 Å². The maximum Gasteiger partial charge on any atom is 0.0965 e. The van der Waals surface area contributed by atoms with Crippen LogP contribution in [0, 0.1) is 11.3 Å². The molecule has 2 unspecified atom stereocenters. The SMILES string of the molecule is CCNC(C#N)CCN(CCOC)C(C)CC. The summed E-state index contributed by atoms with van der Waals surface area (Å²) in [6.07, 6.45) is 2.00. The number of methoxy groups -OCH3 is 1. The van der Waals surface area contributed by atoms with Gasteiger partial charge in [0, 0.05) is 26.2 Å². The molecule has 0 saturated carbocycles. The summed E-state index contributed by atoms with van der Waals surface area (Å²) in [6, 6.07) is 2.82. The fourth-order valence-corrected chi connectivity index (χ4v) is 1.77. The van der Waals surface area contributed by atoms with E-state index in [2.05, 4.69) is 30.1 Å². The molecule has 0 rings (SSSR count). The van der Waals surface area contributed by atoms with Crippen molar-refractivity contribution < 1.29 is 4.74 Å². The molecule has 0 aromatic carbocycles. The highest BCUT2D eigenvalue weighted by atomic mass is 16.5. The summed E-state index contributed by atoms with van der Waals surface area (Å²) < 4.78 is 5.13. The first-order valence-corrected chi connectivity index (χ1v) is 6.55. The van der Waals surface area contributed by atoms with Crippen molar-refractivity contribution in [3.05, 3.63) is 0 Å². The third-order valence-corrected chi connectivity index (χ3v) is 3.11. The highest BCUT2D eigenvalue weighted by Gasteiger charge is 2.14. The smallest absolute Gasteiger partial charge is 0.0965 e. The Morgan fingerprint density at radius 1 is 1.35 bits per heavy atom. The van der Waals surface area contributed by atoms with Gasteiger partial charge in [-0.1, -0.05) is 13.8 Å². The van der Waals surface area contributed by atoms with Crippen molar-refractivity contribution in [2.24, 2.45) is 0 Å². The number of hydrogen-bond donors (Lipinski definition) is 1. The lowest BCUT2D eigenvalue weighted by molar-refractivity contribution is 0.120. The molecule has 0 spiro atoms. The average molecular weight is 241 g/mol. The Labute approximate surface area is 106 Å². The van der Waals surface area contributed by atoms with E-state index in [1.807, 2.05) is 6.92 Å². The van der Waals surface area contributed by atoms with E-state index in [1.54, 1.807) is 7.11 Å². The summed E-state index contributed by atoms with van der Waals surface area (Å²) in [7, 11) is 1.73. The van der Waals surface area contributed by atoms with Gasteiger partial charge in [0.2, 0.25) is 0 Å². The van der Waals surface area contributed by atoms with Gasteiger partial charge in [0.1, 0.15) is 0 Å². The Kier molecular flexibility index (Phi) is 10.1. The molecule has 0 aliphatic heterocycles. The summed E-state index contributed by atoms with van der Waals surface area (Å²) in [5, 5.41) is 12.2. The van der Waals surface area contributed by atoms with E-state index in [1.165, 1.54) is 0 Å². The number of nitrogens with zero attached hydrogens (tertiary/aromatic N) is 2. The van der Waals surface area contributed by atoms with Crippen LogP contribution in [-0.2, 0) is 4.74 Å². The van der Waals surface area contributed by atoms with Crippen molar-refractivity contribution in [2.75, 3.05) is 33.4 Å². The Balaban J connectivity index is 4.09. The third-order valence-electron chi connectivity index (χ3n) is 3.11. The van der Waals surface area contributed by atoms with Crippen molar-refractivity contribution >= 4 is 0 Å². The molecule has 100 valence electrons. The lowest BCUT2D eigenvalue weighted by Crippen LogP contribution is -2.39. The summed E-state index contributed by atoms with van der Waals surface area (Å²) in [5.41, 5.74) is 0. The van der Waals surface area contributed by atoms with Gasteiger partial charge >= 0.3 is 0 Å². The van der Waals surface area contributed by atoms with E-state index in [0.29, 0.717) is 6.04 Å². The van der Waals surface area contributed by atoms with Gasteiger partial charge in [-0.2, -0.15) is 5.26 Å². The number of ether oxygens (including phenoxy) is 1. The van der Waals surface area contributed by atoms with Crippen LogP contribution in [0.3, 0.4) is 0 Å². The Morgan fingerprint density at radius 2 is 2.06 bits per heavy atom. The van der Waals surface area contributed by atoms with Crippen LogP contribution in [0.25, 0.3) is 0 Å². The topological polar surface area (TPSA) is 48.3 Å². The molecular formula is C13H27N3O. The molecule has 2 atom stereocenters. The zero-order valence-corrected chi connectivity index (χ0v) is 11.7. The predicted octanol–water partition coefficient (Wildman–Crippen LogP) is 1.63.